The van der Waals surface area contributed by atoms with Gasteiger partial charge >= 0.3 is 7.94 Å². The fourth-order valence-electron chi connectivity index (χ4n) is 0.932. The summed E-state index contributed by atoms with van der Waals surface area (Å²) in [4.78, 5) is 26.9. The molecule has 0 fully saturated rings. The van der Waals surface area contributed by atoms with E-state index >= 15 is 0 Å². The predicted octanol–water partition coefficient (Wildman–Crippen LogP) is 1.49. The Kier molecular flexibility index (Phi) is 2.80. The highest BCUT2D eigenvalue weighted by molar-refractivity contribution is 7.58. The molecule has 0 aliphatic carbocycles. The van der Waals surface area contributed by atoms with E-state index in [4.69, 9.17) is 14.7 Å². The van der Waals surface area contributed by atoms with Crippen LogP contribution in [-0.4, -0.2) is 14.7 Å². The van der Waals surface area contributed by atoms with Crippen molar-refractivity contribution in [2.24, 2.45) is 0 Å². The van der Waals surface area contributed by atoms with Crippen LogP contribution in [0.1, 0.15) is 18.1 Å². The Bertz CT molecular complexity index is 242. The van der Waals surface area contributed by atoms with E-state index in [9.17, 15) is 0 Å². The van der Waals surface area contributed by atoms with Crippen LogP contribution in [0.5, 0.6) is 0 Å². The molecule has 1 aromatic rings. The van der Waals surface area contributed by atoms with E-state index in [0.717, 1.165) is 5.56 Å². The van der Waals surface area contributed by atoms with E-state index in [-0.39, 0.29) is 0 Å². The lowest BCUT2D eigenvalue weighted by molar-refractivity contribution is 0.318. The molecule has 66 valence electrons. The van der Waals surface area contributed by atoms with Gasteiger partial charge in [-0.3, -0.25) is 0 Å². The van der Waals surface area contributed by atoms with Crippen LogP contribution in [0.25, 0.3) is 0 Å². The zero-order chi connectivity index (χ0) is 9.19. The predicted molar refractivity (Wildman–Crippen MR) is 48.4 cm³/mol. The maximum Gasteiger partial charge on any atom is 0.411 e. The maximum atomic E-state index is 8.96. The molecule has 0 bridgehead atoms. The van der Waals surface area contributed by atoms with E-state index in [0.29, 0.717) is 0 Å². The summed E-state index contributed by atoms with van der Waals surface area (Å²) in [7, 11) is -3.73. The van der Waals surface area contributed by atoms with Crippen molar-refractivity contribution in [3.8, 4) is 0 Å². The fraction of sp³-hybridized carbons (Fsp3) is 0.250. The molecule has 0 aromatic heterocycles. The fourth-order valence-corrected chi connectivity index (χ4v) is 1.50. The minimum atomic E-state index is -3.73. The largest absolute Gasteiger partial charge is 0.411 e. The molecule has 0 aliphatic rings. The lowest BCUT2D eigenvalue weighted by atomic mass is 10.2. The summed E-state index contributed by atoms with van der Waals surface area (Å²) >= 11 is 0. The normalized spacial score (nSPS) is 14.3. The van der Waals surface area contributed by atoms with Gasteiger partial charge in [0.15, 0.2) is 5.66 Å². The minimum absolute atomic E-state index is 0.598. The van der Waals surface area contributed by atoms with Crippen LogP contribution in [0.2, 0.25) is 0 Å². The van der Waals surface area contributed by atoms with Gasteiger partial charge in [0.1, 0.15) is 0 Å². The molecule has 0 radical (unpaired) electrons. The van der Waals surface area contributed by atoms with E-state index in [2.05, 4.69) is 0 Å². The monoisotopic (exact) mass is 187 g/mol. The van der Waals surface area contributed by atoms with Crippen LogP contribution in [0.3, 0.4) is 0 Å². The highest BCUT2D eigenvalue weighted by Crippen LogP contribution is 2.58. The van der Waals surface area contributed by atoms with Gasteiger partial charge in [0, 0.05) is 0 Å². The Labute approximate surface area is 71.9 Å². The Balaban J connectivity index is 2.86. The first kappa shape index (κ1) is 9.62. The van der Waals surface area contributed by atoms with E-state index < -0.39 is 13.6 Å². The molecule has 1 aromatic carbocycles. The summed E-state index contributed by atoms with van der Waals surface area (Å²) in [5.41, 5.74) is 0.136. The highest BCUT2D eigenvalue weighted by Gasteiger charge is 2.39. The van der Waals surface area contributed by atoms with E-state index in [1.54, 1.807) is 31.2 Å². The van der Waals surface area contributed by atoms with Crippen LogP contribution in [-0.2, 0) is 0 Å². The second-order valence-corrected chi connectivity index (χ2v) is 4.71. The maximum absolute atomic E-state index is 8.96. The van der Waals surface area contributed by atoms with Gasteiger partial charge in [0.05, 0.1) is 0 Å². The summed E-state index contributed by atoms with van der Waals surface area (Å²) in [6.07, 6.45) is 0. The second kappa shape index (κ2) is 3.50. The first-order valence-corrected chi connectivity index (χ1v) is 5.35. The van der Waals surface area contributed by atoms with Crippen molar-refractivity contribution in [1.29, 1.82) is 0 Å². The van der Waals surface area contributed by atoms with Crippen molar-refractivity contribution in [2.45, 2.75) is 12.6 Å². The molecule has 3 N–H and O–H groups in total. The molecule has 0 heterocycles. The van der Waals surface area contributed by atoms with Crippen molar-refractivity contribution < 1.29 is 14.7 Å². The zero-order valence-corrected chi connectivity index (χ0v) is 7.65. The molecule has 0 amide bonds. The van der Waals surface area contributed by atoms with Crippen molar-refractivity contribution in [3.63, 3.8) is 0 Å². The van der Waals surface area contributed by atoms with Crippen LogP contribution in [0.4, 0.5) is 0 Å². The average Bonchev–Trinajstić information content (AvgIpc) is 2.03. The molecule has 0 saturated heterocycles. The Morgan fingerprint density at radius 3 is 2.00 bits per heavy atom. The van der Waals surface area contributed by atoms with Crippen molar-refractivity contribution >= 4 is 7.94 Å². The molecule has 3 nitrogen and oxygen atoms in total. The molecule has 1 unspecified atom stereocenters. The summed E-state index contributed by atoms with van der Waals surface area (Å²) < 4.78 is 0. The van der Waals surface area contributed by atoms with Gasteiger partial charge in [0.25, 0.3) is 0 Å². The van der Waals surface area contributed by atoms with Crippen LogP contribution in [0, 0.1) is 0 Å². The number of hydrogen-bond acceptors (Lipinski definition) is 3. The van der Waals surface area contributed by atoms with Gasteiger partial charge in [0.2, 0.25) is 0 Å². The van der Waals surface area contributed by atoms with Crippen molar-refractivity contribution in [2.75, 3.05) is 0 Å². The first-order valence-electron chi connectivity index (χ1n) is 3.63. The molecule has 0 saturated carbocycles. The van der Waals surface area contributed by atoms with Crippen LogP contribution >= 0.6 is 7.94 Å². The van der Waals surface area contributed by atoms with Crippen molar-refractivity contribution in [1.82, 2.24) is 0 Å². The molecule has 1 atom stereocenters. The van der Waals surface area contributed by atoms with Gasteiger partial charge in [-0.2, -0.15) is 14.7 Å². The van der Waals surface area contributed by atoms with Crippen LogP contribution < -0.4 is 0 Å². The average molecular weight is 187 g/mol. The van der Waals surface area contributed by atoms with Gasteiger partial charge in [-0.25, -0.2) is 0 Å². The topological polar surface area (TPSA) is 60.7 Å². The van der Waals surface area contributed by atoms with E-state index in [1.807, 2.05) is 6.07 Å². The molecular formula is C8H12O3P+. The third-order valence-electron chi connectivity index (χ3n) is 1.80. The number of benzene rings is 1. The summed E-state index contributed by atoms with van der Waals surface area (Å²) in [6, 6.07) is 8.93. The second-order valence-electron chi connectivity index (χ2n) is 2.70. The smallest absolute Gasteiger partial charge is 0.192 e. The van der Waals surface area contributed by atoms with Crippen LogP contribution in [0.15, 0.2) is 30.3 Å². The summed E-state index contributed by atoms with van der Waals surface area (Å²) in [6.45, 7) is 1.59. The Morgan fingerprint density at radius 1 is 1.08 bits per heavy atom. The molecule has 1 rings (SSSR count). The van der Waals surface area contributed by atoms with Gasteiger partial charge < -0.3 is 0 Å². The SMILES string of the molecule is CC(c1ccccc1)[P+](O)(O)O. The summed E-state index contributed by atoms with van der Waals surface area (Å²) in [5.74, 6) is 0. The number of hydrogen-bond donors (Lipinski definition) is 3. The van der Waals surface area contributed by atoms with Gasteiger partial charge in [-0.15, -0.1) is 0 Å². The molecule has 12 heavy (non-hydrogen) atoms. The van der Waals surface area contributed by atoms with Gasteiger partial charge in [-0.05, 0) is 12.5 Å². The molecular weight excluding hydrogens is 175 g/mol. The van der Waals surface area contributed by atoms with E-state index in [1.165, 1.54) is 0 Å². The Hall–Kier alpha value is -0.470. The Morgan fingerprint density at radius 2 is 1.58 bits per heavy atom. The lowest BCUT2D eigenvalue weighted by Crippen LogP contribution is -1.99. The third kappa shape index (κ3) is 2.26. The zero-order valence-electron chi connectivity index (χ0n) is 6.75. The minimum Gasteiger partial charge on any atom is -0.192 e. The quantitative estimate of drug-likeness (QED) is 0.614. The van der Waals surface area contributed by atoms with Crippen molar-refractivity contribution in [3.05, 3.63) is 35.9 Å². The standard InChI is InChI=1S/C8H12O3P/c1-7(12(9,10)11)8-5-3-2-4-6-8/h2-7,9-11H,1H3/q+1. The third-order valence-corrected chi connectivity index (χ3v) is 3.14. The number of rotatable bonds is 2. The van der Waals surface area contributed by atoms with Gasteiger partial charge in [-0.1, -0.05) is 30.3 Å². The molecule has 0 spiro atoms. The lowest BCUT2D eigenvalue weighted by Gasteiger charge is -2.12. The summed E-state index contributed by atoms with van der Waals surface area (Å²) in [5, 5.41) is 0. The molecule has 0 aliphatic heterocycles. The highest BCUT2D eigenvalue weighted by atomic mass is 31.2. The first-order chi connectivity index (χ1) is 5.52. The molecule has 4 heteroatoms.